The second kappa shape index (κ2) is 8.54. The largest absolute Gasteiger partial charge is 0.298 e. The Hall–Kier alpha value is -1.77. The Morgan fingerprint density at radius 2 is 1.72 bits per heavy atom. The van der Waals surface area contributed by atoms with E-state index in [4.69, 9.17) is 0 Å². The number of likely N-dealkylation sites (tertiary alicyclic amines) is 1. The molecule has 32 heavy (non-hydrogen) atoms. The summed E-state index contributed by atoms with van der Waals surface area (Å²) < 4.78 is 56.6. The van der Waals surface area contributed by atoms with E-state index in [0.29, 0.717) is 15.4 Å². The zero-order chi connectivity index (χ0) is 23.3. The van der Waals surface area contributed by atoms with Gasteiger partial charge in [0.2, 0.25) is 0 Å². The Morgan fingerprint density at radius 3 is 2.31 bits per heavy atom. The predicted octanol–water partition coefficient (Wildman–Crippen LogP) is 6.56. The summed E-state index contributed by atoms with van der Waals surface area (Å²) in [5.41, 5.74) is 0.949. The highest BCUT2D eigenvalue weighted by Gasteiger charge is 2.31. The highest BCUT2D eigenvalue weighted by Crippen LogP contribution is 2.40. The van der Waals surface area contributed by atoms with Crippen LogP contribution in [0, 0.1) is 0 Å². The lowest BCUT2D eigenvalue weighted by Crippen LogP contribution is -2.45. The molecular formula is C24H27BrF2N2O2S. The number of benzene rings is 2. The number of hydrogen-bond acceptors (Lipinski definition) is 3. The first-order chi connectivity index (χ1) is 15.0. The van der Waals surface area contributed by atoms with Gasteiger partial charge in [0.25, 0.3) is 16.4 Å². The summed E-state index contributed by atoms with van der Waals surface area (Å²) in [6.45, 7) is 8.29. The fourth-order valence-electron chi connectivity index (χ4n) is 4.62. The monoisotopic (exact) mass is 524 g/mol. The molecule has 0 radical (unpaired) electrons. The van der Waals surface area contributed by atoms with E-state index in [1.54, 1.807) is 24.3 Å². The van der Waals surface area contributed by atoms with Gasteiger partial charge in [0.05, 0.1) is 10.4 Å². The van der Waals surface area contributed by atoms with Gasteiger partial charge in [0.1, 0.15) is 0 Å². The van der Waals surface area contributed by atoms with E-state index in [9.17, 15) is 17.2 Å². The van der Waals surface area contributed by atoms with E-state index in [1.165, 1.54) is 12.1 Å². The smallest absolute Gasteiger partial charge is 0.268 e. The van der Waals surface area contributed by atoms with Gasteiger partial charge in [-0.05, 0) is 82.4 Å². The maximum atomic E-state index is 14.1. The van der Waals surface area contributed by atoms with Crippen molar-refractivity contribution in [1.82, 2.24) is 8.87 Å². The van der Waals surface area contributed by atoms with Crippen molar-refractivity contribution in [1.29, 1.82) is 0 Å². The van der Waals surface area contributed by atoms with Crippen LogP contribution in [-0.4, -0.2) is 35.9 Å². The van der Waals surface area contributed by atoms with Crippen LogP contribution in [0.2, 0.25) is 0 Å². The van der Waals surface area contributed by atoms with Crippen molar-refractivity contribution in [2.45, 2.75) is 56.4 Å². The summed E-state index contributed by atoms with van der Waals surface area (Å²) in [6, 6.07) is 11.6. The molecule has 8 heteroatoms. The molecular weight excluding hydrogens is 498 g/mol. The number of alkyl halides is 2. The number of rotatable bonds is 4. The van der Waals surface area contributed by atoms with Gasteiger partial charge in [-0.15, -0.1) is 0 Å². The van der Waals surface area contributed by atoms with Gasteiger partial charge >= 0.3 is 0 Å². The second-order valence-corrected chi connectivity index (χ2v) is 12.0. The Kier molecular flexibility index (Phi) is 6.24. The fourth-order valence-corrected chi connectivity index (χ4v) is 6.59. The summed E-state index contributed by atoms with van der Waals surface area (Å²) >= 11 is 3.29. The van der Waals surface area contributed by atoms with E-state index in [0.717, 1.165) is 41.7 Å². The van der Waals surface area contributed by atoms with Gasteiger partial charge in [0.15, 0.2) is 0 Å². The molecule has 0 N–H and O–H groups in total. The van der Waals surface area contributed by atoms with Crippen molar-refractivity contribution in [3.63, 3.8) is 0 Å². The van der Waals surface area contributed by atoms with Crippen molar-refractivity contribution in [2.75, 3.05) is 13.1 Å². The molecule has 2 heterocycles. The fraction of sp³-hybridized carbons (Fsp3) is 0.417. The topological polar surface area (TPSA) is 42.3 Å². The van der Waals surface area contributed by atoms with Crippen LogP contribution in [0.25, 0.3) is 10.9 Å². The van der Waals surface area contributed by atoms with Gasteiger partial charge in [-0.1, -0.05) is 34.1 Å². The van der Waals surface area contributed by atoms with Crippen LogP contribution in [0.4, 0.5) is 8.78 Å². The van der Waals surface area contributed by atoms with Crippen LogP contribution in [-0.2, 0) is 10.0 Å². The number of halogens is 3. The molecule has 4 nitrogen and oxygen atoms in total. The van der Waals surface area contributed by atoms with Crippen LogP contribution in [0.5, 0.6) is 0 Å². The number of hydrogen-bond donors (Lipinski definition) is 0. The van der Waals surface area contributed by atoms with Crippen molar-refractivity contribution in [2.24, 2.45) is 0 Å². The van der Waals surface area contributed by atoms with Gasteiger partial charge in [-0.3, -0.25) is 4.90 Å². The highest BCUT2D eigenvalue weighted by molar-refractivity contribution is 9.10. The molecule has 0 aliphatic carbocycles. The first-order valence-electron chi connectivity index (χ1n) is 10.7. The summed E-state index contributed by atoms with van der Waals surface area (Å²) in [4.78, 5) is 2.45. The van der Waals surface area contributed by atoms with Crippen LogP contribution < -0.4 is 0 Å². The van der Waals surface area contributed by atoms with Crippen LogP contribution in [0.3, 0.4) is 0 Å². The third kappa shape index (κ3) is 4.24. The maximum Gasteiger partial charge on any atom is 0.268 e. The SMILES string of the molecule is CC(C)(C)N1CCC(c2cccc3c2c(C(F)F)cn3S(=O)(=O)c2cccc(Br)c2)CC1. The third-order valence-corrected chi connectivity index (χ3v) is 8.49. The summed E-state index contributed by atoms with van der Waals surface area (Å²) in [6.07, 6.45) is 0.0252. The van der Waals surface area contributed by atoms with Crippen molar-refractivity contribution in [3.05, 3.63) is 64.3 Å². The minimum atomic E-state index is -4.03. The number of piperidine rings is 1. The molecule has 2 aromatic carbocycles. The first-order valence-corrected chi connectivity index (χ1v) is 12.9. The molecule has 1 saturated heterocycles. The average Bonchev–Trinajstić information content (AvgIpc) is 3.14. The lowest BCUT2D eigenvalue weighted by atomic mass is 9.85. The standard InChI is InChI=1S/C24H27BrF2N2O2S/c1-24(2,3)28-12-10-16(11-13-28)19-8-5-9-21-22(19)20(23(26)27)15-29(21)32(30,31)18-7-4-6-17(25)14-18/h4-9,14-16,23H,10-13H2,1-3H3. The van der Waals surface area contributed by atoms with E-state index >= 15 is 0 Å². The molecule has 172 valence electrons. The third-order valence-electron chi connectivity index (χ3n) is 6.33. The lowest BCUT2D eigenvalue weighted by molar-refractivity contribution is 0.102. The molecule has 0 amide bonds. The number of aromatic nitrogens is 1. The van der Waals surface area contributed by atoms with Crippen LogP contribution >= 0.6 is 15.9 Å². The molecule has 0 unspecified atom stereocenters. The predicted molar refractivity (Wildman–Crippen MR) is 127 cm³/mol. The molecule has 1 aromatic heterocycles. The number of nitrogens with zero attached hydrogens (tertiary/aromatic N) is 2. The second-order valence-electron chi connectivity index (χ2n) is 9.32. The van der Waals surface area contributed by atoms with Crippen LogP contribution in [0.15, 0.2) is 58.0 Å². The molecule has 0 spiro atoms. The van der Waals surface area contributed by atoms with Gasteiger partial charge in [-0.25, -0.2) is 21.2 Å². The van der Waals surface area contributed by atoms with E-state index in [1.807, 2.05) is 6.07 Å². The van der Waals surface area contributed by atoms with E-state index in [-0.39, 0.29) is 21.9 Å². The van der Waals surface area contributed by atoms with Crippen molar-refractivity contribution in [3.8, 4) is 0 Å². The van der Waals surface area contributed by atoms with Gasteiger partial charge in [0, 0.05) is 27.2 Å². The summed E-state index contributed by atoms with van der Waals surface area (Å²) in [5, 5.41) is 0.371. The average molecular weight is 525 g/mol. The Morgan fingerprint density at radius 1 is 1.06 bits per heavy atom. The van der Waals surface area contributed by atoms with Crippen molar-refractivity contribution >= 4 is 36.9 Å². The Bertz CT molecular complexity index is 1240. The zero-order valence-corrected chi connectivity index (χ0v) is 20.8. The molecule has 0 atom stereocenters. The lowest BCUT2D eigenvalue weighted by Gasteiger charge is -2.41. The minimum Gasteiger partial charge on any atom is -0.298 e. The van der Waals surface area contributed by atoms with Crippen LogP contribution in [0.1, 0.15) is 57.1 Å². The molecule has 0 saturated carbocycles. The highest BCUT2D eigenvalue weighted by atomic mass is 79.9. The zero-order valence-electron chi connectivity index (χ0n) is 18.4. The van der Waals surface area contributed by atoms with E-state index in [2.05, 4.69) is 41.6 Å². The quantitative estimate of drug-likeness (QED) is 0.388. The molecule has 1 aliphatic heterocycles. The molecule has 4 rings (SSSR count). The molecule has 1 fully saturated rings. The van der Waals surface area contributed by atoms with E-state index < -0.39 is 16.4 Å². The summed E-state index contributed by atoms with van der Waals surface area (Å²) in [7, 11) is -4.03. The first kappa shape index (κ1) is 23.4. The Balaban J connectivity index is 1.82. The molecule has 0 bridgehead atoms. The van der Waals surface area contributed by atoms with Gasteiger partial charge in [-0.2, -0.15) is 0 Å². The maximum absolute atomic E-state index is 14.1. The van der Waals surface area contributed by atoms with Crippen molar-refractivity contribution < 1.29 is 17.2 Å². The Labute approximate surface area is 196 Å². The van der Waals surface area contributed by atoms with Gasteiger partial charge < -0.3 is 0 Å². The summed E-state index contributed by atoms with van der Waals surface area (Å²) in [5.74, 6) is 0.110. The normalized spacial score (nSPS) is 16.8. The molecule has 1 aliphatic rings. The molecule has 3 aromatic rings. The minimum absolute atomic E-state index is 0.0495. The number of fused-ring (bicyclic) bond motifs is 1.